The molecular weight excluding hydrogens is 360 g/mol. The molecule has 3 rings (SSSR count). The minimum absolute atomic E-state index is 0.284. The summed E-state index contributed by atoms with van der Waals surface area (Å²) in [5.41, 5.74) is 1.29. The maximum Gasteiger partial charge on any atom is 0.326 e. The number of hydrogen-bond donors (Lipinski definition) is 0. The molecule has 2 atom stereocenters. The lowest BCUT2D eigenvalue weighted by Gasteiger charge is -2.32. The van der Waals surface area contributed by atoms with Crippen LogP contribution in [0.5, 0.6) is 17.2 Å². The number of halogens is 1. The van der Waals surface area contributed by atoms with Crippen molar-refractivity contribution in [3.05, 3.63) is 52.5 Å². The van der Waals surface area contributed by atoms with E-state index in [0.29, 0.717) is 27.6 Å². The molecule has 0 spiro atoms. The Balaban J connectivity index is 2.26. The fraction of sp³-hybridized carbons (Fsp3) is 0.263. The van der Waals surface area contributed by atoms with Crippen LogP contribution >= 0.6 is 11.6 Å². The summed E-state index contributed by atoms with van der Waals surface area (Å²) in [4.78, 5) is 24.9. The van der Waals surface area contributed by atoms with Crippen molar-refractivity contribution < 1.29 is 28.5 Å². The number of carbonyl (C=O) groups is 2. The highest BCUT2D eigenvalue weighted by Crippen LogP contribution is 2.48. The molecule has 0 aromatic heterocycles. The Morgan fingerprint density at radius 1 is 1.08 bits per heavy atom. The van der Waals surface area contributed by atoms with Crippen LogP contribution < -0.4 is 14.2 Å². The van der Waals surface area contributed by atoms with E-state index in [2.05, 4.69) is 0 Å². The van der Waals surface area contributed by atoms with Gasteiger partial charge in [0.2, 0.25) is 0 Å². The Morgan fingerprint density at radius 3 is 2.35 bits per heavy atom. The van der Waals surface area contributed by atoms with Crippen molar-refractivity contribution in [1.29, 1.82) is 0 Å². The predicted octanol–water partition coefficient (Wildman–Crippen LogP) is 3.20. The number of esters is 2. The summed E-state index contributed by atoms with van der Waals surface area (Å²) in [6.07, 6.45) is 0. The van der Waals surface area contributed by atoms with Crippen molar-refractivity contribution in [2.24, 2.45) is 5.92 Å². The number of carbonyl (C=O) groups excluding carboxylic acids is 2. The Labute approximate surface area is 155 Å². The quantitative estimate of drug-likeness (QED) is 0.463. The van der Waals surface area contributed by atoms with Gasteiger partial charge in [-0.3, -0.25) is 9.59 Å². The van der Waals surface area contributed by atoms with E-state index in [0.717, 1.165) is 0 Å². The van der Waals surface area contributed by atoms with Crippen LogP contribution in [-0.2, 0) is 14.3 Å². The highest BCUT2D eigenvalue weighted by atomic mass is 35.5. The highest BCUT2D eigenvalue weighted by molar-refractivity contribution is 6.30. The van der Waals surface area contributed by atoms with E-state index in [1.165, 1.54) is 21.3 Å². The molecule has 0 aliphatic carbocycles. The Bertz CT molecular complexity index is 846. The van der Waals surface area contributed by atoms with Crippen LogP contribution in [0.15, 0.2) is 36.4 Å². The first-order valence-electron chi connectivity index (χ1n) is 7.81. The van der Waals surface area contributed by atoms with Crippen LogP contribution in [0.1, 0.15) is 17.0 Å². The van der Waals surface area contributed by atoms with Gasteiger partial charge in [-0.25, -0.2) is 0 Å². The van der Waals surface area contributed by atoms with Gasteiger partial charge in [-0.05, 0) is 17.7 Å². The third kappa shape index (κ3) is 3.08. The summed E-state index contributed by atoms with van der Waals surface area (Å²) in [7, 11) is 4.23. The second-order valence-corrected chi connectivity index (χ2v) is 6.13. The Kier molecular flexibility index (Phi) is 5.04. The second-order valence-electron chi connectivity index (χ2n) is 5.69. The fourth-order valence-corrected chi connectivity index (χ4v) is 3.24. The highest BCUT2D eigenvalue weighted by Gasteiger charge is 2.46. The summed E-state index contributed by atoms with van der Waals surface area (Å²) >= 11 is 5.98. The second kappa shape index (κ2) is 7.25. The van der Waals surface area contributed by atoms with E-state index in [9.17, 15) is 9.59 Å². The molecule has 0 saturated heterocycles. The summed E-state index contributed by atoms with van der Waals surface area (Å²) < 4.78 is 20.9. The summed E-state index contributed by atoms with van der Waals surface area (Å²) in [6.45, 7) is 0. The van der Waals surface area contributed by atoms with Gasteiger partial charge >= 0.3 is 11.9 Å². The van der Waals surface area contributed by atoms with Gasteiger partial charge in [0, 0.05) is 28.6 Å². The van der Waals surface area contributed by atoms with Gasteiger partial charge in [0.05, 0.1) is 21.3 Å². The smallest absolute Gasteiger partial charge is 0.326 e. The van der Waals surface area contributed by atoms with Crippen molar-refractivity contribution >= 4 is 23.5 Å². The van der Waals surface area contributed by atoms with Gasteiger partial charge in [-0.2, -0.15) is 0 Å². The summed E-state index contributed by atoms with van der Waals surface area (Å²) in [5.74, 6) is -1.97. The zero-order valence-electron chi connectivity index (χ0n) is 14.4. The van der Waals surface area contributed by atoms with E-state index >= 15 is 0 Å². The molecule has 7 heteroatoms. The molecule has 0 unspecified atom stereocenters. The van der Waals surface area contributed by atoms with E-state index in [4.69, 9.17) is 30.5 Å². The van der Waals surface area contributed by atoms with Crippen LogP contribution in [-0.4, -0.2) is 33.3 Å². The molecule has 136 valence electrons. The number of hydrogen-bond acceptors (Lipinski definition) is 6. The first-order chi connectivity index (χ1) is 12.5. The number of benzene rings is 2. The maximum atomic E-state index is 12.6. The topological polar surface area (TPSA) is 71.1 Å². The monoisotopic (exact) mass is 376 g/mol. The van der Waals surface area contributed by atoms with Crippen molar-refractivity contribution in [2.75, 3.05) is 21.3 Å². The zero-order valence-corrected chi connectivity index (χ0v) is 15.2. The first-order valence-corrected chi connectivity index (χ1v) is 8.18. The molecule has 2 aromatic rings. The minimum atomic E-state index is -1.16. The van der Waals surface area contributed by atoms with Crippen molar-refractivity contribution in [1.82, 2.24) is 0 Å². The molecule has 0 N–H and O–H groups in total. The molecule has 0 bridgehead atoms. The van der Waals surface area contributed by atoms with Gasteiger partial charge in [-0.1, -0.05) is 23.7 Å². The molecule has 2 aromatic carbocycles. The average molecular weight is 377 g/mol. The maximum absolute atomic E-state index is 12.6. The van der Waals surface area contributed by atoms with E-state index in [1.54, 1.807) is 36.4 Å². The molecule has 1 aliphatic rings. The van der Waals surface area contributed by atoms with Crippen molar-refractivity contribution in [2.45, 2.75) is 5.92 Å². The lowest BCUT2D eigenvalue weighted by molar-refractivity contribution is -0.157. The number of rotatable bonds is 4. The number of methoxy groups -OCH3 is 3. The van der Waals surface area contributed by atoms with Gasteiger partial charge in [-0.15, -0.1) is 0 Å². The normalized spacial score (nSPS) is 18.5. The molecule has 26 heavy (non-hydrogen) atoms. The predicted molar refractivity (Wildman–Crippen MR) is 94.0 cm³/mol. The SMILES string of the molecule is COC(=O)[C@@H]1C(=O)Oc2cc(OC)cc(OC)c2[C@H]1c1ccc(Cl)cc1. The molecule has 1 aliphatic heterocycles. The minimum Gasteiger partial charge on any atom is -0.496 e. The number of fused-ring (bicyclic) bond motifs is 1. The van der Waals surface area contributed by atoms with E-state index in [1.807, 2.05) is 0 Å². The summed E-state index contributed by atoms with van der Waals surface area (Å²) in [6, 6.07) is 10.2. The van der Waals surface area contributed by atoms with Crippen LogP contribution in [0, 0.1) is 5.92 Å². The summed E-state index contributed by atoms with van der Waals surface area (Å²) in [5, 5.41) is 0.545. The number of ether oxygens (including phenoxy) is 4. The zero-order chi connectivity index (χ0) is 18.8. The van der Waals surface area contributed by atoms with Crippen molar-refractivity contribution in [3.63, 3.8) is 0 Å². The largest absolute Gasteiger partial charge is 0.496 e. The molecule has 0 amide bonds. The third-order valence-electron chi connectivity index (χ3n) is 4.33. The lowest BCUT2D eigenvalue weighted by Crippen LogP contribution is -2.38. The Hall–Kier alpha value is -2.73. The molecule has 1 heterocycles. The third-order valence-corrected chi connectivity index (χ3v) is 4.58. The van der Waals surface area contributed by atoms with Crippen LogP contribution in [0.4, 0.5) is 0 Å². The van der Waals surface area contributed by atoms with Gasteiger partial charge < -0.3 is 18.9 Å². The average Bonchev–Trinajstić information content (AvgIpc) is 2.66. The molecule has 0 fully saturated rings. The van der Waals surface area contributed by atoms with Gasteiger partial charge in [0.25, 0.3) is 0 Å². The molecular formula is C19H17ClO6. The standard InChI is InChI=1S/C19H17ClO6/c1-23-12-8-13(24-2)16-14(9-12)26-19(22)17(18(21)25-3)15(16)10-4-6-11(20)7-5-10/h4-9,15,17H,1-3H3/t15-,17-/m1/s1. The Morgan fingerprint density at radius 2 is 1.77 bits per heavy atom. The molecule has 0 saturated carbocycles. The lowest BCUT2D eigenvalue weighted by atomic mass is 9.78. The van der Waals surface area contributed by atoms with Crippen LogP contribution in [0.3, 0.4) is 0 Å². The van der Waals surface area contributed by atoms with Gasteiger partial charge in [0.1, 0.15) is 17.2 Å². The van der Waals surface area contributed by atoms with E-state index in [-0.39, 0.29) is 5.75 Å². The van der Waals surface area contributed by atoms with Gasteiger partial charge in [0.15, 0.2) is 5.92 Å². The van der Waals surface area contributed by atoms with Crippen LogP contribution in [0.25, 0.3) is 0 Å². The van der Waals surface area contributed by atoms with Crippen molar-refractivity contribution in [3.8, 4) is 17.2 Å². The van der Waals surface area contributed by atoms with Crippen LogP contribution in [0.2, 0.25) is 5.02 Å². The van der Waals surface area contributed by atoms with E-state index < -0.39 is 23.8 Å². The first kappa shape index (κ1) is 18.1. The molecule has 0 radical (unpaired) electrons. The molecule has 6 nitrogen and oxygen atoms in total. The fourth-order valence-electron chi connectivity index (χ4n) is 3.12.